The van der Waals surface area contributed by atoms with Gasteiger partial charge in [0.2, 0.25) is 0 Å². The van der Waals surface area contributed by atoms with Gasteiger partial charge >= 0.3 is 0 Å². The van der Waals surface area contributed by atoms with Crippen molar-refractivity contribution in [3.05, 3.63) is 35.4 Å². The van der Waals surface area contributed by atoms with Crippen LogP contribution >= 0.6 is 11.8 Å². The van der Waals surface area contributed by atoms with Crippen LogP contribution in [0.4, 0.5) is 0 Å². The Bertz CT molecular complexity index is 488. The van der Waals surface area contributed by atoms with Crippen LogP contribution in [0.25, 0.3) is 0 Å². The molecule has 1 aromatic carbocycles. The van der Waals surface area contributed by atoms with Gasteiger partial charge in [0, 0.05) is 12.5 Å². The van der Waals surface area contributed by atoms with Crippen molar-refractivity contribution in [2.75, 3.05) is 5.75 Å². The Kier molecular flexibility index (Phi) is 8.75. The molecular formula is C13H16N4OS. The third-order valence-corrected chi connectivity index (χ3v) is 2.52. The monoisotopic (exact) mass is 276 g/mol. The zero-order chi connectivity index (χ0) is 14.7. The number of nitriles is 1. The standard InChI is InChI=1S/C11H13N3OS.C2H3N/c1-8-2-4-9(5-3-8)10(12)14-11(13)16-7-6-15;1-2-3/h2-6H,7H2,1H3,(H3,12,13,14);1H3. The molecule has 0 fully saturated rings. The lowest BCUT2D eigenvalue weighted by atomic mass is 10.1. The van der Waals surface area contributed by atoms with Crippen molar-refractivity contribution in [1.82, 2.24) is 0 Å². The van der Waals surface area contributed by atoms with E-state index >= 15 is 0 Å². The highest BCUT2D eigenvalue weighted by atomic mass is 32.2. The summed E-state index contributed by atoms with van der Waals surface area (Å²) in [6.07, 6.45) is 0.733. The van der Waals surface area contributed by atoms with E-state index in [4.69, 9.17) is 16.4 Å². The van der Waals surface area contributed by atoms with Crippen molar-refractivity contribution in [3.63, 3.8) is 0 Å². The number of aliphatic imine (C=N–C) groups is 1. The van der Waals surface area contributed by atoms with Gasteiger partial charge in [-0.15, -0.1) is 0 Å². The molecule has 0 aliphatic rings. The van der Waals surface area contributed by atoms with Gasteiger partial charge in [-0.3, -0.25) is 5.41 Å². The second-order valence-electron chi connectivity index (χ2n) is 3.37. The first-order chi connectivity index (χ1) is 9.04. The number of nitrogens with two attached hydrogens (primary N) is 1. The molecule has 0 radical (unpaired) electrons. The fraction of sp³-hybridized carbons (Fsp3) is 0.231. The van der Waals surface area contributed by atoms with Gasteiger partial charge < -0.3 is 10.5 Å². The van der Waals surface area contributed by atoms with Crippen molar-refractivity contribution >= 4 is 29.1 Å². The lowest BCUT2D eigenvalue weighted by Gasteiger charge is -2.01. The van der Waals surface area contributed by atoms with Crippen LogP contribution < -0.4 is 5.73 Å². The maximum Gasteiger partial charge on any atom is 0.182 e. The number of rotatable bonds is 3. The van der Waals surface area contributed by atoms with Crippen LogP contribution in [-0.4, -0.2) is 23.0 Å². The normalized spacial score (nSPS) is 9.84. The number of thioether (sulfide) groups is 1. The van der Waals surface area contributed by atoms with Crippen molar-refractivity contribution < 1.29 is 4.79 Å². The summed E-state index contributed by atoms with van der Waals surface area (Å²) in [6, 6.07) is 9.32. The SMILES string of the molecule is CC#N.Cc1ccc(/C(N)=N/C(=N)SCC=O)cc1. The van der Waals surface area contributed by atoms with Crippen LogP contribution in [0.15, 0.2) is 29.3 Å². The number of carbonyl (C=O) groups is 1. The zero-order valence-corrected chi connectivity index (χ0v) is 11.7. The third kappa shape index (κ3) is 7.73. The number of hydrogen-bond acceptors (Lipinski definition) is 4. The van der Waals surface area contributed by atoms with Crippen LogP contribution in [-0.2, 0) is 4.79 Å². The molecule has 0 aromatic heterocycles. The molecule has 5 nitrogen and oxygen atoms in total. The Morgan fingerprint density at radius 3 is 2.53 bits per heavy atom. The molecule has 0 amide bonds. The number of nitrogens with one attached hydrogen (secondary N) is 1. The molecule has 0 unspecified atom stereocenters. The molecule has 0 spiro atoms. The Morgan fingerprint density at radius 2 is 2.05 bits per heavy atom. The van der Waals surface area contributed by atoms with Crippen LogP contribution in [0.5, 0.6) is 0 Å². The molecule has 3 N–H and O–H groups in total. The van der Waals surface area contributed by atoms with Gasteiger partial charge in [-0.1, -0.05) is 41.6 Å². The zero-order valence-electron chi connectivity index (χ0n) is 10.9. The number of aryl methyl sites for hydroxylation is 1. The van der Waals surface area contributed by atoms with Crippen molar-refractivity contribution in [3.8, 4) is 6.07 Å². The summed E-state index contributed by atoms with van der Waals surface area (Å²) in [5, 5.41) is 14.8. The van der Waals surface area contributed by atoms with Crippen molar-refractivity contribution in [2.45, 2.75) is 13.8 Å². The minimum Gasteiger partial charge on any atom is -0.383 e. The number of hydrogen-bond donors (Lipinski definition) is 2. The maximum absolute atomic E-state index is 10.1. The molecule has 0 saturated carbocycles. The number of amidine groups is 2. The predicted octanol–water partition coefficient (Wildman–Crippen LogP) is 2.10. The van der Waals surface area contributed by atoms with Crippen LogP contribution in [0.2, 0.25) is 0 Å². The Balaban J connectivity index is 0.000000982. The highest BCUT2D eigenvalue weighted by molar-refractivity contribution is 8.14. The molecule has 1 rings (SSSR count). The molecule has 0 heterocycles. The first-order valence-electron chi connectivity index (χ1n) is 5.42. The van der Waals surface area contributed by atoms with E-state index in [-0.39, 0.29) is 10.9 Å². The molecule has 0 aliphatic heterocycles. The fourth-order valence-corrected chi connectivity index (χ4v) is 1.43. The molecular weight excluding hydrogens is 260 g/mol. The number of carbonyl (C=O) groups excluding carboxylic acids is 1. The van der Waals surface area contributed by atoms with E-state index in [1.54, 1.807) is 6.07 Å². The van der Waals surface area contributed by atoms with Gasteiger partial charge in [0.15, 0.2) is 5.17 Å². The number of nitrogens with zero attached hydrogens (tertiary/aromatic N) is 2. The molecule has 0 aliphatic carbocycles. The molecule has 6 heteroatoms. The molecule has 0 atom stereocenters. The van der Waals surface area contributed by atoms with E-state index in [2.05, 4.69) is 4.99 Å². The van der Waals surface area contributed by atoms with Crippen LogP contribution in [0.1, 0.15) is 18.1 Å². The van der Waals surface area contributed by atoms with Gasteiger partial charge in [-0.2, -0.15) is 5.26 Å². The molecule has 100 valence electrons. The second-order valence-corrected chi connectivity index (χ2v) is 4.38. The fourth-order valence-electron chi connectivity index (χ4n) is 1.04. The van der Waals surface area contributed by atoms with E-state index in [9.17, 15) is 4.79 Å². The molecule has 19 heavy (non-hydrogen) atoms. The average Bonchev–Trinajstić information content (AvgIpc) is 2.38. The lowest BCUT2D eigenvalue weighted by Crippen LogP contribution is -2.14. The first-order valence-corrected chi connectivity index (χ1v) is 6.40. The Morgan fingerprint density at radius 1 is 1.53 bits per heavy atom. The van der Waals surface area contributed by atoms with Gasteiger partial charge in [0.1, 0.15) is 12.1 Å². The van der Waals surface area contributed by atoms with E-state index in [1.165, 1.54) is 6.92 Å². The molecule has 0 bridgehead atoms. The Hall–Kier alpha value is -2.13. The predicted molar refractivity (Wildman–Crippen MR) is 79.4 cm³/mol. The Labute approximate surface area is 117 Å². The largest absolute Gasteiger partial charge is 0.383 e. The summed E-state index contributed by atoms with van der Waals surface area (Å²) in [5.74, 6) is 0.521. The van der Waals surface area contributed by atoms with E-state index in [0.717, 1.165) is 29.2 Å². The minimum absolute atomic E-state index is 0.0465. The van der Waals surface area contributed by atoms with Crippen LogP contribution in [0, 0.1) is 23.7 Å². The van der Waals surface area contributed by atoms with E-state index < -0.39 is 0 Å². The summed E-state index contributed by atoms with van der Waals surface area (Å²) < 4.78 is 0. The topological polar surface area (TPSA) is 103 Å². The second kappa shape index (κ2) is 9.85. The summed E-state index contributed by atoms with van der Waals surface area (Å²) >= 11 is 1.05. The highest BCUT2D eigenvalue weighted by Crippen LogP contribution is 2.06. The van der Waals surface area contributed by atoms with Gasteiger partial charge in [0.25, 0.3) is 0 Å². The van der Waals surface area contributed by atoms with Gasteiger partial charge in [-0.05, 0) is 6.92 Å². The maximum atomic E-state index is 10.1. The number of aldehydes is 1. The van der Waals surface area contributed by atoms with E-state index in [0.29, 0.717) is 5.84 Å². The van der Waals surface area contributed by atoms with Gasteiger partial charge in [-0.25, -0.2) is 4.99 Å². The van der Waals surface area contributed by atoms with Gasteiger partial charge in [0.05, 0.1) is 11.8 Å². The number of benzene rings is 1. The van der Waals surface area contributed by atoms with Crippen LogP contribution in [0.3, 0.4) is 0 Å². The van der Waals surface area contributed by atoms with E-state index in [1.807, 2.05) is 31.2 Å². The van der Waals surface area contributed by atoms with Crippen molar-refractivity contribution in [1.29, 1.82) is 10.7 Å². The molecule has 1 aromatic rings. The highest BCUT2D eigenvalue weighted by Gasteiger charge is 2.00. The lowest BCUT2D eigenvalue weighted by molar-refractivity contribution is -0.105. The molecule has 0 saturated heterocycles. The summed E-state index contributed by atoms with van der Waals surface area (Å²) in [7, 11) is 0. The third-order valence-electron chi connectivity index (χ3n) is 1.86. The average molecular weight is 276 g/mol. The summed E-state index contributed by atoms with van der Waals surface area (Å²) in [5.41, 5.74) is 7.65. The minimum atomic E-state index is 0.0465. The van der Waals surface area contributed by atoms with Crippen molar-refractivity contribution in [2.24, 2.45) is 10.7 Å². The smallest absolute Gasteiger partial charge is 0.182 e. The summed E-state index contributed by atoms with van der Waals surface area (Å²) in [6.45, 7) is 3.42. The summed E-state index contributed by atoms with van der Waals surface area (Å²) in [4.78, 5) is 14.0. The first kappa shape index (κ1) is 16.9. The quantitative estimate of drug-likeness (QED) is 0.501.